The first-order valence-corrected chi connectivity index (χ1v) is 8.54. The van der Waals surface area contributed by atoms with Crippen LogP contribution in [-0.4, -0.2) is 16.7 Å². The van der Waals surface area contributed by atoms with Gasteiger partial charge in [0.2, 0.25) is 5.91 Å². The van der Waals surface area contributed by atoms with Gasteiger partial charge in [-0.25, -0.2) is 4.39 Å². The van der Waals surface area contributed by atoms with Crippen molar-refractivity contribution in [3.8, 4) is 0 Å². The fraction of sp³-hybridized carbons (Fsp3) is 0.263. The van der Waals surface area contributed by atoms with Crippen LogP contribution in [0, 0.1) is 15.9 Å². The molecule has 2 N–H and O–H groups in total. The zero-order chi connectivity index (χ0) is 19.4. The summed E-state index contributed by atoms with van der Waals surface area (Å²) in [6.45, 7) is 0. The SMILES string of the molecule is O=C(NNC(=O)C1(c2cccc(F)c2)CCCC1)c1cccc([N+](=O)[O-])c1. The number of carbonyl (C=O) groups is 2. The zero-order valence-electron chi connectivity index (χ0n) is 14.4. The summed E-state index contributed by atoms with van der Waals surface area (Å²) < 4.78 is 13.6. The Morgan fingerprint density at radius 1 is 1.04 bits per heavy atom. The number of non-ortho nitro benzene ring substituents is 1. The maximum Gasteiger partial charge on any atom is 0.270 e. The van der Waals surface area contributed by atoms with E-state index < -0.39 is 28.0 Å². The number of hydrogen-bond donors (Lipinski definition) is 2. The maximum atomic E-state index is 13.6. The minimum Gasteiger partial charge on any atom is -0.272 e. The molecule has 0 unspecified atom stereocenters. The third-order valence-electron chi connectivity index (χ3n) is 4.88. The van der Waals surface area contributed by atoms with E-state index in [1.54, 1.807) is 12.1 Å². The summed E-state index contributed by atoms with van der Waals surface area (Å²) in [6.07, 6.45) is 2.75. The molecule has 0 aromatic heterocycles. The standard InChI is InChI=1S/C19H18FN3O4/c20-15-7-4-6-14(12-15)19(9-1-2-10-19)18(25)22-21-17(24)13-5-3-8-16(11-13)23(26)27/h3-8,11-12H,1-2,9-10H2,(H,21,24)(H,22,25). The van der Waals surface area contributed by atoms with Gasteiger partial charge in [-0.05, 0) is 36.6 Å². The first kappa shape index (κ1) is 18.5. The fourth-order valence-corrected chi connectivity index (χ4v) is 3.48. The summed E-state index contributed by atoms with van der Waals surface area (Å²) in [5.74, 6) is -1.52. The normalized spacial score (nSPS) is 15.1. The summed E-state index contributed by atoms with van der Waals surface area (Å²) in [5, 5.41) is 10.8. The number of hydrazine groups is 1. The van der Waals surface area contributed by atoms with Crippen molar-refractivity contribution in [3.63, 3.8) is 0 Å². The van der Waals surface area contributed by atoms with Crippen LogP contribution < -0.4 is 10.9 Å². The Kier molecular flexibility index (Phi) is 5.16. The molecule has 1 aliphatic rings. The van der Waals surface area contributed by atoms with Crippen LogP contribution in [0.25, 0.3) is 0 Å². The van der Waals surface area contributed by atoms with Crippen LogP contribution in [-0.2, 0) is 10.2 Å². The molecule has 0 heterocycles. The molecule has 1 aliphatic carbocycles. The second-order valence-corrected chi connectivity index (χ2v) is 6.52. The number of nitro groups is 1. The predicted octanol–water partition coefficient (Wildman–Crippen LogP) is 3.01. The molecule has 2 aromatic rings. The molecule has 0 radical (unpaired) electrons. The van der Waals surface area contributed by atoms with Gasteiger partial charge in [0, 0.05) is 17.7 Å². The van der Waals surface area contributed by atoms with Crippen molar-refractivity contribution in [2.45, 2.75) is 31.1 Å². The summed E-state index contributed by atoms with van der Waals surface area (Å²) in [4.78, 5) is 35.3. The van der Waals surface area contributed by atoms with E-state index >= 15 is 0 Å². The van der Waals surface area contributed by atoms with Crippen molar-refractivity contribution in [1.82, 2.24) is 10.9 Å². The van der Waals surface area contributed by atoms with E-state index in [1.807, 2.05) is 0 Å². The van der Waals surface area contributed by atoms with Gasteiger partial charge in [-0.2, -0.15) is 0 Å². The molecule has 8 heteroatoms. The molecule has 0 bridgehead atoms. The lowest BCUT2D eigenvalue weighted by Gasteiger charge is -2.28. The molecule has 140 valence electrons. The minimum atomic E-state index is -0.905. The number of rotatable bonds is 4. The van der Waals surface area contributed by atoms with Crippen molar-refractivity contribution < 1.29 is 18.9 Å². The Morgan fingerprint density at radius 3 is 2.41 bits per heavy atom. The Hall–Kier alpha value is -3.29. The Balaban J connectivity index is 1.74. The molecule has 0 saturated heterocycles. The molecular formula is C19H18FN3O4. The van der Waals surface area contributed by atoms with Crippen molar-refractivity contribution in [2.75, 3.05) is 0 Å². The van der Waals surface area contributed by atoms with E-state index in [1.165, 1.54) is 30.3 Å². The summed E-state index contributed by atoms with van der Waals surface area (Å²) >= 11 is 0. The second-order valence-electron chi connectivity index (χ2n) is 6.52. The topological polar surface area (TPSA) is 101 Å². The van der Waals surface area contributed by atoms with Crippen molar-refractivity contribution in [3.05, 3.63) is 75.6 Å². The van der Waals surface area contributed by atoms with E-state index in [0.717, 1.165) is 18.9 Å². The average molecular weight is 371 g/mol. The molecule has 2 amide bonds. The van der Waals surface area contributed by atoms with Crippen LogP contribution >= 0.6 is 0 Å². The highest BCUT2D eigenvalue weighted by Crippen LogP contribution is 2.41. The van der Waals surface area contributed by atoms with E-state index in [4.69, 9.17) is 0 Å². The number of amides is 2. The van der Waals surface area contributed by atoms with Crippen LogP contribution in [0.3, 0.4) is 0 Å². The lowest BCUT2D eigenvalue weighted by molar-refractivity contribution is -0.384. The highest BCUT2D eigenvalue weighted by Gasteiger charge is 2.43. The molecule has 0 spiro atoms. The van der Waals surface area contributed by atoms with Crippen LogP contribution in [0.4, 0.5) is 10.1 Å². The van der Waals surface area contributed by atoms with Gasteiger partial charge in [0.1, 0.15) is 5.82 Å². The molecule has 1 saturated carbocycles. The van der Waals surface area contributed by atoms with Gasteiger partial charge in [0.25, 0.3) is 11.6 Å². The molecule has 27 heavy (non-hydrogen) atoms. The number of hydrogen-bond acceptors (Lipinski definition) is 4. The highest BCUT2D eigenvalue weighted by molar-refractivity contribution is 5.97. The van der Waals surface area contributed by atoms with Crippen LogP contribution in [0.5, 0.6) is 0 Å². The summed E-state index contributed by atoms with van der Waals surface area (Å²) in [7, 11) is 0. The third-order valence-corrected chi connectivity index (χ3v) is 4.88. The van der Waals surface area contributed by atoms with Gasteiger partial charge < -0.3 is 0 Å². The van der Waals surface area contributed by atoms with Crippen molar-refractivity contribution >= 4 is 17.5 Å². The quantitative estimate of drug-likeness (QED) is 0.637. The van der Waals surface area contributed by atoms with E-state index in [9.17, 15) is 24.1 Å². The van der Waals surface area contributed by atoms with Gasteiger partial charge in [-0.15, -0.1) is 0 Å². The molecule has 3 rings (SSSR count). The van der Waals surface area contributed by atoms with E-state index in [-0.39, 0.29) is 11.3 Å². The second kappa shape index (κ2) is 7.53. The summed E-state index contributed by atoms with van der Waals surface area (Å²) in [6, 6.07) is 11.1. The monoisotopic (exact) mass is 371 g/mol. The van der Waals surface area contributed by atoms with Crippen molar-refractivity contribution in [1.29, 1.82) is 0 Å². The largest absolute Gasteiger partial charge is 0.272 e. The van der Waals surface area contributed by atoms with Gasteiger partial charge in [0.05, 0.1) is 10.3 Å². The Morgan fingerprint density at radius 2 is 1.74 bits per heavy atom. The Labute approximate surface area is 154 Å². The van der Waals surface area contributed by atoms with Crippen molar-refractivity contribution in [2.24, 2.45) is 0 Å². The number of carbonyl (C=O) groups excluding carboxylic acids is 2. The van der Waals surface area contributed by atoms with Gasteiger partial charge >= 0.3 is 0 Å². The van der Waals surface area contributed by atoms with Crippen LogP contribution in [0.1, 0.15) is 41.6 Å². The maximum absolute atomic E-state index is 13.6. The molecule has 0 aliphatic heterocycles. The summed E-state index contributed by atoms with van der Waals surface area (Å²) in [5.41, 5.74) is 4.19. The van der Waals surface area contributed by atoms with Crippen LogP contribution in [0.15, 0.2) is 48.5 Å². The molecular weight excluding hydrogens is 353 g/mol. The minimum absolute atomic E-state index is 0.0516. The third kappa shape index (κ3) is 3.79. The Bertz CT molecular complexity index is 894. The number of halogens is 1. The zero-order valence-corrected chi connectivity index (χ0v) is 14.4. The van der Waals surface area contributed by atoms with E-state index in [0.29, 0.717) is 18.4 Å². The smallest absolute Gasteiger partial charge is 0.270 e. The average Bonchev–Trinajstić information content (AvgIpc) is 3.17. The van der Waals surface area contributed by atoms with Gasteiger partial charge in [-0.3, -0.25) is 30.6 Å². The molecule has 1 fully saturated rings. The fourth-order valence-electron chi connectivity index (χ4n) is 3.48. The lowest BCUT2D eigenvalue weighted by Crippen LogP contribution is -2.50. The highest BCUT2D eigenvalue weighted by atomic mass is 19.1. The molecule has 2 aromatic carbocycles. The first-order chi connectivity index (χ1) is 12.9. The predicted molar refractivity (Wildman–Crippen MR) is 95.3 cm³/mol. The van der Waals surface area contributed by atoms with Crippen LogP contribution in [0.2, 0.25) is 0 Å². The number of nitrogens with zero attached hydrogens (tertiary/aromatic N) is 1. The number of nitro benzene ring substituents is 1. The molecule has 0 atom stereocenters. The number of nitrogens with one attached hydrogen (secondary N) is 2. The van der Waals surface area contributed by atoms with E-state index in [2.05, 4.69) is 10.9 Å². The first-order valence-electron chi connectivity index (χ1n) is 8.54. The van der Waals surface area contributed by atoms with Gasteiger partial charge in [-0.1, -0.05) is 31.0 Å². The van der Waals surface area contributed by atoms with Gasteiger partial charge in [0.15, 0.2) is 0 Å². The lowest BCUT2D eigenvalue weighted by atomic mass is 9.78. The number of benzene rings is 2. The molecule has 7 nitrogen and oxygen atoms in total.